The van der Waals surface area contributed by atoms with Gasteiger partial charge in [-0.3, -0.25) is 0 Å². The lowest BCUT2D eigenvalue weighted by Gasteiger charge is -2.03. The minimum atomic E-state index is 0.543. The topological polar surface area (TPSA) is 77.0 Å². The van der Waals surface area contributed by atoms with Crippen molar-refractivity contribution in [2.24, 2.45) is 5.73 Å². The van der Waals surface area contributed by atoms with Gasteiger partial charge in [0, 0.05) is 25.2 Å². The van der Waals surface area contributed by atoms with E-state index in [0.717, 1.165) is 18.7 Å². The van der Waals surface area contributed by atoms with Crippen LogP contribution in [0.3, 0.4) is 0 Å². The summed E-state index contributed by atoms with van der Waals surface area (Å²) < 4.78 is 5.10. The molecule has 1 aromatic carbocycles. The average Bonchev–Trinajstić information content (AvgIpc) is 2.84. The molecule has 1 aromatic heterocycles. The maximum absolute atomic E-state index is 5.39. The largest absolute Gasteiger partial charge is 0.423 e. The highest BCUT2D eigenvalue weighted by Gasteiger charge is 2.02. The summed E-state index contributed by atoms with van der Waals surface area (Å²) >= 11 is 0. The first kappa shape index (κ1) is 10.8. The number of hydrogen-bond donors (Lipinski definition) is 2. The monoisotopic (exact) mass is 218 g/mol. The predicted octanol–water partition coefficient (Wildman–Crippen LogP) is 0.785. The van der Waals surface area contributed by atoms with Crippen LogP contribution in [0.2, 0.25) is 0 Å². The van der Waals surface area contributed by atoms with E-state index in [1.54, 1.807) is 0 Å². The molecule has 0 unspecified atom stereocenters. The second-order valence-electron chi connectivity index (χ2n) is 3.41. The number of aromatic nitrogens is 2. The van der Waals surface area contributed by atoms with Gasteiger partial charge in [0.2, 0.25) is 12.3 Å². The van der Waals surface area contributed by atoms with Crippen LogP contribution in [-0.2, 0) is 6.54 Å². The molecular weight excluding hydrogens is 204 g/mol. The summed E-state index contributed by atoms with van der Waals surface area (Å²) in [6.07, 6.45) is 1.33. The van der Waals surface area contributed by atoms with E-state index in [-0.39, 0.29) is 0 Å². The van der Waals surface area contributed by atoms with E-state index < -0.39 is 0 Å². The average molecular weight is 218 g/mol. The summed E-state index contributed by atoms with van der Waals surface area (Å²) in [5.41, 5.74) is 7.53. The minimum absolute atomic E-state index is 0.543. The Morgan fingerprint density at radius 2 is 2.06 bits per heavy atom. The van der Waals surface area contributed by atoms with Gasteiger partial charge < -0.3 is 15.5 Å². The molecule has 5 nitrogen and oxygen atoms in total. The highest BCUT2D eigenvalue weighted by atomic mass is 16.4. The second kappa shape index (κ2) is 5.39. The summed E-state index contributed by atoms with van der Waals surface area (Å²) in [5, 5.41) is 10.7. The number of nitrogens with zero attached hydrogens (tertiary/aromatic N) is 2. The summed E-state index contributed by atoms with van der Waals surface area (Å²) in [5.74, 6) is 0.543. The third-order valence-corrected chi connectivity index (χ3v) is 2.21. The highest BCUT2D eigenvalue weighted by molar-refractivity contribution is 5.52. The van der Waals surface area contributed by atoms with Crippen molar-refractivity contribution >= 4 is 0 Å². The van der Waals surface area contributed by atoms with Gasteiger partial charge in [-0.15, -0.1) is 10.2 Å². The number of nitrogens with one attached hydrogen (secondary N) is 1. The Balaban J connectivity index is 2.00. The third-order valence-electron chi connectivity index (χ3n) is 2.21. The van der Waals surface area contributed by atoms with Gasteiger partial charge in [-0.05, 0) is 17.7 Å². The van der Waals surface area contributed by atoms with Gasteiger partial charge >= 0.3 is 0 Å². The maximum Gasteiger partial charge on any atom is 0.247 e. The Kier molecular flexibility index (Phi) is 3.63. The van der Waals surface area contributed by atoms with Crippen LogP contribution in [-0.4, -0.2) is 23.3 Å². The molecule has 84 valence electrons. The van der Waals surface area contributed by atoms with Crippen LogP contribution in [0.15, 0.2) is 35.1 Å². The summed E-state index contributed by atoms with van der Waals surface area (Å²) in [6.45, 7) is 2.30. The zero-order valence-corrected chi connectivity index (χ0v) is 8.89. The van der Waals surface area contributed by atoms with Gasteiger partial charge in [-0.2, -0.15) is 0 Å². The second-order valence-corrected chi connectivity index (χ2v) is 3.41. The Morgan fingerprint density at radius 1 is 1.25 bits per heavy atom. The molecule has 0 saturated heterocycles. The molecule has 0 atom stereocenters. The SMILES string of the molecule is NCCNCc1ccc(-c2nnco2)cc1. The van der Waals surface area contributed by atoms with E-state index in [0.29, 0.717) is 12.4 Å². The Morgan fingerprint density at radius 3 is 2.69 bits per heavy atom. The molecule has 0 spiro atoms. The lowest BCUT2D eigenvalue weighted by atomic mass is 10.1. The fourth-order valence-corrected chi connectivity index (χ4v) is 1.40. The minimum Gasteiger partial charge on any atom is -0.423 e. The molecule has 5 heteroatoms. The molecule has 2 rings (SSSR count). The first-order valence-electron chi connectivity index (χ1n) is 5.16. The summed E-state index contributed by atoms with van der Waals surface area (Å²) in [6, 6.07) is 7.99. The smallest absolute Gasteiger partial charge is 0.247 e. The summed E-state index contributed by atoms with van der Waals surface area (Å²) in [7, 11) is 0. The number of benzene rings is 1. The molecule has 0 aliphatic rings. The van der Waals surface area contributed by atoms with Crippen LogP contribution in [0.5, 0.6) is 0 Å². The Bertz CT molecular complexity index is 410. The van der Waals surface area contributed by atoms with E-state index in [1.165, 1.54) is 12.0 Å². The molecule has 1 heterocycles. The molecule has 0 fully saturated rings. The Hall–Kier alpha value is -1.72. The molecule has 16 heavy (non-hydrogen) atoms. The van der Waals surface area contributed by atoms with E-state index in [1.807, 2.05) is 24.3 Å². The van der Waals surface area contributed by atoms with Crippen LogP contribution < -0.4 is 11.1 Å². The summed E-state index contributed by atoms with van der Waals surface area (Å²) in [4.78, 5) is 0. The fourth-order valence-electron chi connectivity index (χ4n) is 1.40. The van der Waals surface area contributed by atoms with Gasteiger partial charge in [0.15, 0.2) is 0 Å². The van der Waals surface area contributed by atoms with Crippen molar-refractivity contribution in [1.29, 1.82) is 0 Å². The number of rotatable bonds is 5. The van der Waals surface area contributed by atoms with Crippen molar-refractivity contribution in [2.45, 2.75) is 6.54 Å². The van der Waals surface area contributed by atoms with E-state index >= 15 is 0 Å². The van der Waals surface area contributed by atoms with Crippen LogP contribution in [0.25, 0.3) is 11.5 Å². The molecule has 0 aliphatic heterocycles. The maximum atomic E-state index is 5.39. The highest BCUT2D eigenvalue weighted by Crippen LogP contribution is 2.16. The zero-order valence-electron chi connectivity index (χ0n) is 8.89. The lowest BCUT2D eigenvalue weighted by molar-refractivity contribution is 0.568. The van der Waals surface area contributed by atoms with Gasteiger partial charge in [0.05, 0.1) is 0 Å². The molecule has 0 amide bonds. The Labute approximate surface area is 93.7 Å². The van der Waals surface area contributed by atoms with Crippen LogP contribution in [0, 0.1) is 0 Å². The number of hydrogen-bond acceptors (Lipinski definition) is 5. The first-order chi connectivity index (χ1) is 7.90. The van der Waals surface area contributed by atoms with E-state index in [9.17, 15) is 0 Å². The van der Waals surface area contributed by atoms with Crippen LogP contribution in [0.1, 0.15) is 5.56 Å². The molecule has 3 N–H and O–H groups in total. The van der Waals surface area contributed by atoms with Crippen LogP contribution >= 0.6 is 0 Å². The number of nitrogens with two attached hydrogens (primary N) is 1. The molecule has 0 bridgehead atoms. The van der Waals surface area contributed by atoms with Crippen molar-refractivity contribution in [3.8, 4) is 11.5 Å². The lowest BCUT2D eigenvalue weighted by Crippen LogP contribution is -2.21. The quantitative estimate of drug-likeness (QED) is 0.725. The van der Waals surface area contributed by atoms with E-state index in [4.69, 9.17) is 10.2 Å². The normalized spacial score (nSPS) is 10.6. The van der Waals surface area contributed by atoms with Crippen LogP contribution in [0.4, 0.5) is 0 Å². The molecular formula is C11H14N4O. The molecule has 0 radical (unpaired) electrons. The van der Waals surface area contributed by atoms with E-state index in [2.05, 4.69) is 15.5 Å². The standard InChI is InChI=1S/C11H14N4O/c12-5-6-13-7-9-1-3-10(4-2-9)11-15-14-8-16-11/h1-4,8,13H,5-7,12H2. The van der Waals surface area contributed by atoms with Crippen molar-refractivity contribution in [1.82, 2.24) is 15.5 Å². The van der Waals surface area contributed by atoms with Gasteiger partial charge in [0.1, 0.15) is 0 Å². The van der Waals surface area contributed by atoms with Crippen molar-refractivity contribution in [2.75, 3.05) is 13.1 Å². The predicted molar refractivity (Wildman–Crippen MR) is 60.5 cm³/mol. The first-order valence-corrected chi connectivity index (χ1v) is 5.16. The van der Waals surface area contributed by atoms with Gasteiger partial charge in [0.25, 0.3) is 0 Å². The molecule has 0 saturated carbocycles. The van der Waals surface area contributed by atoms with Crippen molar-refractivity contribution < 1.29 is 4.42 Å². The van der Waals surface area contributed by atoms with Gasteiger partial charge in [-0.1, -0.05) is 12.1 Å². The van der Waals surface area contributed by atoms with Crippen molar-refractivity contribution in [3.63, 3.8) is 0 Å². The van der Waals surface area contributed by atoms with Gasteiger partial charge in [-0.25, -0.2) is 0 Å². The fraction of sp³-hybridized carbons (Fsp3) is 0.273. The third kappa shape index (κ3) is 2.65. The molecule has 2 aromatic rings. The zero-order chi connectivity index (χ0) is 11.2. The molecule has 0 aliphatic carbocycles. The van der Waals surface area contributed by atoms with Crippen molar-refractivity contribution in [3.05, 3.63) is 36.2 Å².